The molecule has 0 aliphatic carbocycles. The van der Waals surface area contributed by atoms with Crippen molar-refractivity contribution in [1.82, 2.24) is 14.9 Å². The molecule has 2 amide bonds. The van der Waals surface area contributed by atoms with Crippen LogP contribution in [0.3, 0.4) is 0 Å². The van der Waals surface area contributed by atoms with E-state index in [1.807, 2.05) is 82.3 Å². The summed E-state index contributed by atoms with van der Waals surface area (Å²) in [6.45, 7) is 7.69. The summed E-state index contributed by atoms with van der Waals surface area (Å²) in [7, 11) is 0. The van der Waals surface area contributed by atoms with Crippen LogP contribution in [0.5, 0.6) is 0 Å². The van der Waals surface area contributed by atoms with Crippen molar-refractivity contribution in [1.29, 1.82) is 0 Å². The minimum absolute atomic E-state index is 0.209. The van der Waals surface area contributed by atoms with Gasteiger partial charge in [-0.05, 0) is 62.5 Å². The van der Waals surface area contributed by atoms with Gasteiger partial charge in [0.05, 0.1) is 0 Å². The molecule has 0 unspecified atom stereocenters. The molecule has 1 heterocycles. The van der Waals surface area contributed by atoms with Crippen molar-refractivity contribution in [3.05, 3.63) is 76.8 Å². The maximum Gasteiger partial charge on any atom is 0.280 e. The fourth-order valence-corrected chi connectivity index (χ4v) is 3.46. The summed E-state index contributed by atoms with van der Waals surface area (Å²) in [6, 6.07) is 16.0. The van der Waals surface area contributed by atoms with E-state index in [0.29, 0.717) is 11.3 Å². The van der Waals surface area contributed by atoms with Gasteiger partial charge in [-0.2, -0.15) is 0 Å². The minimum Gasteiger partial charge on any atom is -0.349 e. The first kappa shape index (κ1) is 20.7. The fraction of sp³-hybridized carbons (Fsp3) is 0.273. The van der Waals surface area contributed by atoms with Gasteiger partial charge < -0.3 is 5.32 Å². The lowest BCUT2D eigenvalue weighted by Gasteiger charge is -2.33. The maximum absolute atomic E-state index is 13.5. The summed E-state index contributed by atoms with van der Waals surface area (Å²) >= 11 is 1.10. The van der Waals surface area contributed by atoms with Gasteiger partial charge in [-0.25, -0.2) is 0 Å². The molecule has 0 fully saturated rings. The number of aryl methyl sites for hydroxylation is 1. The molecule has 3 aromatic rings. The van der Waals surface area contributed by atoms with Gasteiger partial charge in [-0.15, -0.1) is 5.10 Å². The normalized spacial score (nSPS) is 12.3. The lowest BCUT2D eigenvalue weighted by atomic mass is 10.00. The fourth-order valence-electron chi connectivity index (χ4n) is 3.03. The first-order chi connectivity index (χ1) is 13.8. The van der Waals surface area contributed by atoms with Crippen molar-refractivity contribution >= 4 is 29.0 Å². The molecular formula is C22H24N4O2S. The largest absolute Gasteiger partial charge is 0.349 e. The quantitative estimate of drug-likeness (QED) is 0.688. The molecule has 0 radical (unpaired) electrons. The third-order valence-electron chi connectivity index (χ3n) is 4.20. The third-order valence-corrected chi connectivity index (χ3v) is 4.70. The molecule has 150 valence electrons. The van der Waals surface area contributed by atoms with Gasteiger partial charge in [0, 0.05) is 16.6 Å². The molecular weight excluding hydrogens is 384 g/mol. The number of hydrogen-bond acceptors (Lipinski definition) is 5. The molecule has 6 nitrogen and oxygen atoms in total. The van der Waals surface area contributed by atoms with Crippen LogP contribution in [0.2, 0.25) is 0 Å². The van der Waals surface area contributed by atoms with E-state index >= 15 is 0 Å². The standard InChI is InChI=1S/C22H24N4O2S/c1-15-9-8-12-17(13-15)26(21(28)18-14-29-25-24-18)19(16-10-6-5-7-11-16)20(27)23-22(2,3)4/h5-14,19H,1-4H3,(H,23,27)/t19-/m1/s1. The van der Waals surface area contributed by atoms with Gasteiger partial charge in [0.15, 0.2) is 5.69 Å². The molecule has 0 saturated carbocycles. The number of benzene rings is 2. The van der Waals surface area contributed by atoms with E-state index in [4.69, 9.17) is 0 Å². The highest BCUT2D eigenvalue weighted by molar-refractivity contribution is 7.03. The molecule has 1 aromatic heterocycles. The van der Waals surface area contributed by atoms with Crippen molar-refractivity contribution in [2.75, 3.05) is 4.90 Å². The van der Waals surface area contributed by atoms with Gasteiger partial charge >= 0.3 is 0 Å². The summed E-state index contributed by atoms with van der Waals surface area (Å²) in [6.07, 6.45) is 0. The van der Waals surface area contributed by atoms with Crippen LogP contribution in [0, 0.1) is 6.92 Å². The van der Waals surface area contributed by atoms with E-state index in [2.05, 4.69) is 14.9 Å². The smallest absolute Gasteiger partial charge is 0.280 e. The zero-order chi connectivity index (χ0) is 21.0. The van der Waals surface area contributed by atoms with E-state index in [1.165, 1.54) is 4.90 Å². The highest BCUT2D eigenvalue weighted by Crippen LogP contribution is 2.30. The van der Waals surface area contributed by atoms with Crippen molar-refractivity contribution in [2.45, 2.75) is 39.3 Å². The summed E-state index contributed by atoms with van der Waals surface area (Å²) in [5.74, 6) is -0.635. The van der Waals surface area contributed by atoms with Crippen LogP contribution in [0.4, 0.5) is 5.69 Å². The van der Waals surface area contributed by atoms with Crippen LogP contribution in [0.15, 0.2) is 60.0 Å². The molecule has 0 aliphatic rings. The molecule has 2 aromatic carbocycles. The Morgan fingerprint density at radius 2 is 1.79 bits per heavy atom. The topological polar surface area (TPSA) is 75.2 Å². The van der Waals surface area contributed by atoms with Crippen LogP contribution >= 0.6 is 11.5 Å². The average Bonchev–Trinajstić information content (AvgIpc) is 3.19. The molecule has 1 atom stereocenters. The minimum atomic E-state index is -0.855. The number of carbonyl (C=O) groups excluding carboxylic acids is 2. The van der Waals surface area contributed by atoms with E-state index < -0.39 is 11.6 Å². The van der Waals surface area contributed by atoms with Crippen LogP contribution in [0.1, 0.15) is 48.4 Å². The highest BCUT2D eigenvalue weighted by Gasteiger charge is 2.35. The van der Waals surface area contributed by atoms with Crippen LogP contribution in [0.25, 0.3) is 0 Å². The van der Waals surface area contributed by atoms with E-state index in [9.17, 15) is 9.59 Å². The van der Waals surface area contributed by atoms with E-state index in [1.54, 1.807) is 5.38 Å². The maximum atomic E-state index is 13.5. The monoisotopic (exact) mass is 408 g/mol. The Kier molecular flexibility index (Phi) is 6.08. The van der Waals surface area contributed by atoms with Crippen molar-refractivity contribution in [3.8, 4) is 0 Å². The molecule has 1 N–H and O–H groups in total. The number of hydrogen-bond donors (Lipinski definition) is 1. The SMILES string of the molecule is Cc1cccc(N(C(=O)c2csnn2)[C@@H](C(=O)NC(C)(C)C)c2ccccc2)c1. The van der Waals surface area contributed by atoms with E-state index in [0.717, 1.165) is 17.1 Å². The zero-order valence-electron chi connectivity index (χ0n) is 16.9. The van der Waals surface area contributed by atoms with Crippen LogP contribution < -0.4 is 10.2 Å². The lowest BCUT2D eigenvalue weighted by molar-refractivity contribution is -0.123. The summed E-state index contributed by atoms with van der Waals surface area (Å²) < 4.78 is 3.82. The molecule has 7 heteroatoms. The van der Waals surface area contributed by atoms with E-state index in [-0.39, 0.29) is 17.5 Å². The van der Waals surface area contributed by atoms with Crippen molar-refractivity contribution in [3.63, 3.8) is 0 Å². The van der Waals surface area contributed by atoms with Crippen LogP contribution in [-0.4, -0.2) is 26.9 Å². The Balaban J connectivity index is 2.16. The molecule has 0 spiro atoms. The highest BCUT2D eigenvalue weighted by atomic mass is 32.1. The zero-order valence-corrected chi connectivity index (χ0v) is 17.7. The second-order valence-corrected chi connectivity index (χ2v) is 8.47. The lowest BCUT2D eigenvalue weighted by Crippen LogP contribution is -2.49. The summed E-state index contributed by atoms with van der Waals surface area (Å²) in [4.78, 5) is 28.3. The molecule has 3 rings (SSSR count). The number of anilines is 1. The molecule has 29 heavy (non-hydrogen) atoms. The Hall–Kier alpha value is -3.06. The number of amides is 2. The second kappa shape index (κ2) is 8.53. The Morgan fingerprint density at radius 3 is 2.38 bits per heavy atom. The first-order valence-electron chi connectivity index (χ1n) is 9.30. The van der Waals surface area contributed by atoms with Gasteiger partial charge in [0.25, 0.3) is 5.91 Å². The summed E-state index contributed by atoms with van der Waals surface area (Å²) in [5, 5.41) is 8.55. The molecule has 0 saturated heterocycles. The number of nitrogens with one attached hydrogen (secondary N) is 1. The number of aromatic nitrogens is 2. The van der Waals surface area contributed by atoms with Gasteiger partial charge in [-0.3, -0.25) is 14.5 Å². The number of carbonyl (C=O) groups is 2. The Labute approximate surface area is 174 Å². The average molecular weight is 409 g/mol. The Morgan fingerprint density at radius 1 is 1.07 bits per heavy atom. The predicted molar refractivity (Wildman–Crippen MR) is 115 cm³/mol. The van der Waals surface area contributed by atoms with Crippen LogP contribution in [-0.2, 0) is 4.79 Å². The third kappa shape index (κ3) is 5.06. The second-order valence-electron chi connectivity index (χ2n) is 7.86. The number of rotatable bonds is 5. The van der Waals surface area contributed by atoms with Crippen molar-refractivity contribution in [2.24, 2.45) is 0 Å². The predicted octanol–water partition coefficient (Wildman–Crippen LogP) is 4.15. The Bertz CT molecular complexity index is 982. The molecule has 0 aliphatic heterocycles. The van der Waals surface area contributed by atoms with Crippen molar-refractivity contribution < 1.29 is 9.59 Å². The first-order valence-corrected chi connectivity index (χ1v) is 10.1. The van der Waals surface area contributed by atoms with Gasteiger partial charge in [0.1, 0.15) is 6.04 Å². The summed E-state index contributed by atoms with van der Waals surface area (Å²) in [5.41, 5.74) is 2.09. The van der Waals surface area contributed by atoms with Gasteiger partial charge in [0.2, 0.25) is 5.91 Å². The molecule has 0 bridgehead atoms. The van der Waals surface area contributed by atoms with Gasteiger partial charge in [-0.1, -0.05) is 47.0 Å². The number of nitrogens with zero attached hydrogens (tertiary/aromatic N) is 3.